The van der Waals surface area contributed by atoms with E-state index < -0.39 is 0 Å². The van der Waals surface area contributed by atoms with Gasteiger partial charge in [-0.25, -0.2) is 0 Å². The maximum Gasteiger partial charge on any atom is 0.251 e. The van der Waals surface area contributed by atoms with Crippen molar-refractivity contribution in [3.8, 4) is 11.5 Å². The number of carbonyl (C=O) groups is 1. The highest BCUT2D eigenvalue weighted by atomic mass is 16.7. The van der Waals surface area contributed by atoms with Crippen molar-refractivity contribution in [3.05, 3.63) is 47.5 Å². The summed E-state index contributed by atoms with van der Waals surface area (Å²) in [5.41, 5.74) is 13.6. The lowest BCUT2D eigenvalue weighted by molar-refractivity contribution is 0.0951. The lowest BCUT2D eigenvalue weighted by atomic mass is 10.1. The summed E-state index contributed by atoms with van der Waals surface area (Å²) in [6.07, 6.45) is 0. The van der Waals surface area contributed by atoms with E-state index in [9.17, 15) is 4.79 Å². The van der Waals surface area contributed by atoms with E-state index in [0.717, 1.165) is 5.56 Å². The Labute approximate surface area is 121 Å². The largest absolute Gasteiger partial charge is 0.454 e. The zero-order chi connectivity index (χ0) is 14.8. The molecule has 0 saturated carbocycles. The number of nitrogens with two attached hydrogens (primary N) is 2. The molecule has 0 aromatic heterocycles. The number of fused-ring (bicyclic) bond motifs is 1. The summed E-state index contributed by atoms with van der Waals surface area (Å²) in [5.74, 6) is 1.18. The lowest BCUT2D eigenvalue weighted by Crippen LogP contribution is -2.23. The van der Waals surface area contributed by atoms with Gasteiger partial charge in [-0.05, 0) is 35.9 Å². The van der Waals surface area contributed by atoms with E-state index in [4.69, 9.17) is 20.9 Å². The fraction of sp³-hybridized carbons (Fsp3) is 0.133. The molecule has 0 saturated heterocycles. The van der Waals surface area contributed by atoms with Crippen molar-refractivity contribution in [2.24, 2.45) is 0 Å². The number of amides is 1. The molecule has 0 radical (unpaired) electrons. The van der Waals surface area contributed by atoms with Crippen LogP contribution in [0.3, 0.4) is 0 Å². The van der Waals surface area contributed by atoms with Crippen LogP contribution < -0.4 is 26.3 Å². The van der Waals surface area contributed by atoms with Crippen molar-refractivity contribution < 1.29 is 14.3 Å². The van der Waals surface area contributed by atoms with Gasteiger partial charge in [0.1, 0.15) is 0 Å². The van der Waals surface area contributed by atoms with Gasteiger partial charge in [0.05, 0.1) is 0 Å². The first-order chi connectivity index (χ1) is 10.1. The fourth-order valence-corrected chi connectivity index (χ4v) is 2.14. The standard InChI is InChI=1S/C15H15N3O3/c16-11-4-10(5-12(17)6-11)15(19)18-7-9-1-2-13-14(3-9)21-8-20-13/h1-6H,7-8,16-17H2,(H,18,19). The Balaban J connectivity index is 1.68. The number of rotatable bonds is 3. The minimum absolute atomic E-state index is 0.230. The number of hydrogen-bond donors (Lipinski definition) is 3. The third-order valence-electron chi connectivity index (χ3n) is 3.13. The molecule has 1 aliphatic heterocycles. The highest BCUT2D eigenvalue weighted by Gasteiger charge is 2.13. The van der Waals surface area contributed by atoms with Gasteiger partial charge < -0.3 is 26.3 Å². The first-order valence-corrected chi connectivity index (χ1v) is 6.44. The van der Waals surface area contributed by atoms with Crippen LogP contribution in [0.2, 0.25) is 0 Å². The van der Waals surface area contributed by atoms with E-state index >= 15 is 0 Å². The minimum atomic E-state index is -0.230. The topological polar surface area (TPSA) is 99.6 Å². The van der Waals surface area contributed by atoms with Gasteiger partial charge in [-0.15, -0.1) is 0 Å². The van der Waals surface area contributed by atoms with Crippen LogP contribution in [0.4, 0.5) is 11.4 Å². The van der Waals surface area contributed by atoms with E-state index in [1.54, 1.807) is 18.2 Å². The Kier molecular flexibility index (Phi) is 3.27. The summed E-state index contributed by atoms with van der Waals surface area (Å²) >= 11 is 0. The predicted octanol–water partition coefficient (Wildman–Crippen LogP) is 1.51. The van der Waals surface area contributed by atoms with E-state index in [1.165, 1.54) is 0 Å². The molecule has 3 rings (SSSR count). The fourth-order valence-electron chi connectivity index (χ4n) is 2.14. The number of hydrogen-bond acceptors (Lipinski definition) is 5. The van der Waals surface area contributed by atoms with Crippen LogP contribution in [-0.4, -0.2) is 12.7 Å². The second-order valence-corrected chi connectivity index (χ2v) is 4.76. The molecule has 0 bridgehead atoms. The number of benzene rings is 2. The van der Waals surface area contributed by atoms with Gasteiger partial charge in [-0.2, -0.15) is 0 Å². The first-order valence-electron chi connectivity index (χ1n) is 6.44. The van der Waals surface area contributed by atoms with Gasteiger partial charge in [0.15, 0.2) is 11.5 Å². The predicted molar refractivity (Wildman–Crippen MR) is 79.0 cm³/mol. The van der Waals surface area contributed by atoms with Crippen LogP contribution in [0.5, 0.6) is 11.5 Å². The SMILES string of the molecule is Nc1cc(N)cc(C(=O)NCc2ccc3c(c2)OCO3)c1. The van der Waals surface area contributed by atoms with E-state index in [1.807, 2.05) is 18.2 Å². The maximum absolute atomic E-state index is 12.1. The summed E-state index contributed by atoms with van der Waals surface area (Å²) in [4.78, 5) is 12.1. The Morgan fingerprint density at radius 2 is 1.76 bits per heavy atom. The molecule has 0 spiro atoms. The molecular weight excluding hydrogens is 270 g/mol. The summed E-state index contributed by atoms with van der Waals surface area (Å²) in [6, 6.07) is 10.3. The summed E-state index contributed by atoms with van der Waals surface area (Å²) in [6.45, 7) is 0.609. The number of anilines is 2. The second-order valence-electron chi connectivity index (χ2n) is 4.76. The van der Waals surface area contributed by atoms with Crippen LogP contribution in [0.15, 0.2) is 36.4 Å². The molecule has 2 aromatic rings. The second kappa shape index (κ2) is 5.24. The number of nitrogen functional groups attached to an aromatic ring is 2. The zero-order valence-electron chi connectivity index (χ0n) is 11.3. The third-order valence-corrected chi connectivity index (χ3v) is 3.13. The molecule has 21 heavy (non-hydrogen) atoms. The Morgan fingerprint density at radius 1 is 1.05 bits per heavy atom. The van der Waals surface area contributed by atoms with Crippen molar-refractivity contribution in [2.45, 2.75) is 6.54 Å². The zero-order valence-corrected chi connectivity index (χ0v) is 11.3. The molecule has 6 heteroatoms. The van der Waals surface area contributed by atoms with Crippen LogP contribution in [0.25, 0.3) is 0 Å². The summed E-state index contributed by atoms with van der Waals surface area (Å²) < 4.78 is 10.5. The average molecular weight is 285 g/mol. The Hall–Kier alpha value is -2.89. The molecule has 108 valence electrons. The molecule has 5 N–H and O–H groups in total. The van der Waals surface area contributed by atoms with Crippen molar-refractivity contribution >= 4 is 17.3 Å². The van der Waals surface area contributed by atoms with Crippen LogP contribution in [0, 0.1) is 0 Å². The maximum atomic E-state index is 12.1. The molecule has 1 amide bonds. The van der Waals surface area contributed by atoms with E-state index in [0.29, 0.717) is 35.0 Å². The third kappa shape index (κ3) is 2.84. The number of ether oxygens (including phenoxy) is 2. The van der Waals surface area contributed by atoms with Crippen LogP contribution in [0.1, 0.15) is 15.9 Å². The molecule has 1 heterocycles. The Bertz CT molecular complexity index is 680. The highest BCUT2D eigenvalue weighted by Crippen LogP contribution is 2.32. The van der Waals surface area contributed by atoms with Gasteiger partial charge >= 0.3 is 0 Å². The van der Waals surface area contributed by atoms with Crippen LogP contribution in [-0.2, 0) is 6.54 Å². The van der Waals surface area contributed by atoms with E-state index in [-0.39, 0.29) is 12.7 Å². The van der Waals surface area contributed by atoms with Crippen molar-refractivity contribution in [1.82, 2.24) is 5.32 Å². The smallest absolute Gasteiger partial charge is 0.251 e. The van der Waals surface area contributed by atoms with Crippen molar-refractivity contribution in [2.75, 3.05) is 18.3 Å². The summed E-state index contributed by atoms with van der Waals surface area (Å²) in [5, 5.41) is 2.81. The monoisotopic (exact) mass is 285 g/mol. The molecule has 0 unspecified atom stereocenters. The average Bonchev–Trinajstić information content (AvgIpc) is 2.91. The van der Waals surface area contributed by atoms with Gasteiger partial charge in [0.2, 0.25) is 6.79 Å². The normalized spacial score (nSPS) is 12.2. The number of carbonyl (C=O) groups excluding carboxylic acids is 1. The summed E-state index contributed by atoms with van der Waals surface area (Å²) in [7, 11) is 0. The van der Waals surface area contributed by atoms with Crippen molar-refractivity contribution in [3.63, 3.8) is 0 Å². The van der Waals surface area contributed by atoms with Gasteiger partial charge in [0, 0.05) is 23.5 Å². The van der Waals surface area contributed by atoms with E-state index in [2.05, 4.69) is 5.32 Å². The van der Waals surface area contributed by atoms with Gasteiger partial charge in [0.25, 0.3) is 5.91 Å². The quantitative estimate of drug-likeness (QED) is 0.742. The van der Waals surface area contributed by atoms with Gasteiger partial charge in [-0.3, -0.25) is 4.79 Å². The lowest BCUT2D eigenvalue weighted by Gasteiger charge is -2.08. The molecular formula is C15H15N3O3. The molecule has 0 aliphatic carbocycles. The molecule has 6 nitrogen and oxygen atoms in total. The molecule has 2 aromatic carbocycles. The molecule has 0 fully saturated rings. The highest BCUT2D eigenvalue weighted by molar-refractivity contribution is 5.96. The molecule has 0 atom stereocenters. The Morgan fingerprint density at radius 3 is 2.52 bits per heavy atom. The number of nitrogens with one attached hydrogen (secondary N) is 1. The van der Waals surface area contributed by atoms with Crippen molar-refractivity contribution in [1.29, 1.82) is 0 Å². The van der Waals surface area contributed by atoms with Crippen LogP contribution >= 0.6 is 0 Å². The minimum Gasteiger partial charge on any atom is -0.454 e. The first kappa shape index (κ1) is 13.1. The van der Waals surface area contributed by atoms with Gasteiger partial charge in [-0.1, -0.05) is 6.07 Å². The molecule has 1 aliphatic rings.